The molecule has 0 bridgehead atoms. The van der Waals surface area contributed by atoms with Gasteiger partial charge >= 0.3 is 0 Å². The van der Waals surface area contributed by atoms with E-state index in [1.54, 1.807) is 17.5 Å². The van der Waals surface area contributed by atoms with Gasteiger partial charge in [-0.05, 0) is 12.1 Å². The molecule has 0 saturated carbocycles. The van der Waals surface area contributed by atoms with Crippen LogP contribution in [0.2, 0.25) is 0 Å². The number of hydrogen-bond donors (Lipinski definition) is 2. The molecule has 2 aromatic rings. The molecular formula is C9H8N2OS. The summed E-state index contributed by atoms with van der Waals surface area (Å²) in [4.78, 5) is 4.08. The Morgan fingerprint density at radius 2 is 2.08 bits per heavy atom. The predicted octanol–water partition coefficient (Wildman–Crippen LogP) is 2.10. The Balaban J connectivity index is 2.52. The van der Waals surface area contributed by atoms with Crippen LogP contribution in [-0.2, 0) is 0 Å². The Morgan fingerprint density at radius 1 is 1.31 bits per heavy atom. The third-order valence-electron chi connectivity index (χ3n) is 1.66. The summed E-state index contributed by atoms with van der Waals surface area (Å²) in [6.07, 6.45) is 0. The van der Waals surface area contributed by atoms with Gasteiger partial charge in [-0.2, -0.15) is 0 Å². The van der Waals surface area contributed by atoms with Crippen LogP contribution in [0.5, 0.6) is 5.75 Å². The first-order chi connectivity index (χ1) is 6.27. The number of nitrogens with zero attached hydrogens (tertiary/aromatic N) is 1. The van der Waals surface area contributed by atoms with E-state index in [-0.39, 0.29) is 5.75 Å². The second-order valence-electron chi connectivity index (χ2n) is 2.59. The zero-order chi connectivity index (χ0) is 9.26. The van der Waals surface area contributed by atoms with Gasteiger partial charge in [-0.25, -0.2) is 4.98 Å². The van der Waals surface area contributed by atoms with E-state index in [1.165, 1.54) is 11.3 Å². The zero-order valence-electron chi connectivity index (χ0n) is 6.77. The lowest BCUT2D eigenvalue weighted by molar-refractivity contribution is 0.477. The fourth-order valence-corrected chi connectivity index (χ4v) is 1.81. The lowest BCUT2D eigenvalue weighted by Crippen LogP contribution is -1.83. The molecule has 0 spiro atoms. The van der Waals surface area contributed by atoms with Crippen molar-refractivity contribution in [3.8, 4) is 16.3 Å². The van der Waals surface area contributed by atoms with Crippen molar-refractivity contribution in [2.75, 3.05) is 5.73 Å². The highest BCUT2D eigenvalue weighted by molar-refractivity contribution is 7.13. The normalized spacial score (nSPS) is 10.2. The average Bonchev–Trinajstić information content (AvgIpc) is 2.53. The number of nitrogens with two attached hydrogens (primary N) is 1. The molecule has 0 aliphatic carbocycles. The van der Waals surface area contributed by atoms with Crippen molar-refractivity contribution >= 4 is 17.2 Å². The van der Waals surface area contributed by atoms with Crippen LogP contribution >= 0.6 is 11.3 Å². The van der Waals surface area contributed by atoms with Crippen molar-refractivity contribution in [2.45, 2.75) is 0 Å². The summed E-state index contributed by atoms with van der Waals surface area (Å²) >= 11 is 1.42. The van der Waals surface area contributed by atoms with Crippen molar-refractivity contribution < 1.29 is 5.11 Å². The molecular weight excluding hydrogens is 184 g/mol. The van der Waals surface area contributed by atoms with E-state index in [0.717, 1.165) is 10.6 Å². The lowest BCUT2D eigenvalue weighted by Gasteiger charge is -1.98. The molecule has 0 atom stereocenters. The first-order valence-electron chi connectivity index (χ1n) is 3.77. The highest BCUT2D eigenvalue weighted by Gasteiger charge is 2.06. The number of rotatable bonds is 1. The number of phenols is 1. The fraction of sp³-hybridized carbons (Fsp3) is 0. The van der Waals surface area contributed by atoms with Crippen LogP contribution in [0.4, 0.5) is 5.82 Å². The van der Waals surface area contributed by atoms with Crippen molar-refractivity contribution in [3.63, 3.8) is 0 Å². The van der Waals surface area contributed by atoms with Crippen LogP contribution in [0.15, 0.2) is 29.6 Å². The lowest BCUT2D eigenvalue weighted by atomic mass is 10.2. The van der Waals surface area contributed by atoms with E-state index >= 15 is 0 Å². The molecule has 0 aliphatic rings. The van der Waals surface area contributed by atoms with E-state index in [9.17, 15) is 5.11 Å². The van der Waals surface area contributed by atoms with Gasteiger partial charge in [-0.1, -0.05) is 12.1 Å². The van der Waals surface area contributed by atoms with Gasteiger partial charge in [0.1, 0.15) is 16.6 Å². The van der Waals surface area contributed by atoms with Crippen LogP contribution < -0.4 is 5.73 Å². The summed E-state index contributed by atoms with van der Waals surface area (Å²) in [5.74, 6) is 0.722. The van der Waals surface area contributed by atoms with Gasteiger partial charge < -0.3 is 10.8 Å². The molecule has 0 saturated heterocycles. The Bertz CT molecular complexity index is 425. The minimum atomic E-state index is 0.233. The Labute approximate surface area is 79.5 Å². The number of aromatic hydroxyl groups is 1. The number of thiazole rings is 1. The maximum Gasteiger partial charge on any atom is 0.135 e. The Hall–Kier alpha value is -1.55. The van der Waals surface area contributed by atoms with Crippen LogP contribution in [0.3, 0.4) is 0 Å². The number of phenolic OH excluding ortho intramolecular Hbond substituents is 1. The minimum absolute atomic E-state index is 0.233. The summed E-state index contributed by atoms with van der Waals surface area (Å²) in [5.41, 5.74) is 6.21. The molecule has 0 amide bonds. The second kappa shape index (κ2) is 3.06. The monoisotopic (exact) mass is 192 g/mol. The SMILES string of the molecule is Nc1csc(-c2ccccc2O)n1. The molecule has 1 aromatic carbocycles. The molecule has 3 nitrogen and oxygen atoms in total. The molecule has 0 fully saturated rings. The number of anilines is 1. The summed E-state index contributed by atoms with van der Waals surface area (Å²) in [6.45, 7) is 0. The highest BCUT2D eigenvalue weighted by Crippen LogP contribution is 2.31. The number of benzene rings is 1. The van der Waals surface area contributed by atoms with E-state index < -0.39 is 0 Å². The predicted molar refractivity (Wildman–Crippen MR) is 53.6 cm³/mol. The van der Waals surface area contributed by atoms with Gasteiger partial charge in [-0.15, -0.1) is 11.3 Å². The molecule has 4 heteroatoms. The quantitative estimate of drug-likeness (QED) is 0.727. The van der Waals surface area contributed by atoms with Gasteiger partial charge in [0.2, 0.25) is 0 Å². The Morgan fingerprint density at radius 3 is 2.69 bits per heavy atom. The number of hydrogen-bond acceptors (Lipinski definition) is 4. The van der Waals surface area contributed by atoms with Crippen molar-refractivity contribution in [2.24, 2.45) is 0 Å². The van der Waals surface area contributed by atoms with Crippen molar-refractivity contribution in [1.29, 1.82) is 0 Å². The fourth-order valence-electron chi connectivity index (χ4n) is 1.06. The molecule has 1 heterocycles. The van der Waals surface area contributed by atoms with Gasteiger partial charge in [0.25, 0.3) is 0 Å². The molecule has 3 N–H and O–H groups in total. The standard InChI is InChI=1S/C9H8N2OS/c10-8-5-13-9(11-8)6-3-1-2-4-7(6)12/h1-5,12H,10H2. The van der Waals surface area contributed by atoms with Crippen LogP contribution in [0, 0.1) is 0 Å². The average molecular weight is 192 g/mol. The third-order valence-corrected chi connectivity index (χ3v) is 2.55. The third kappa shape index (κ3) is 1.48. The highest BCUT2D eigenvalue weighted by atomic mass is 32.1. The van der Waals surface area contributed by atoms with E-state index in [1.807, 2.05) is 12.1 Å². The zero-order valence-corrected chi connectivity index (χ0v) is 7.58. The maximum absolute atomic E-state index is 9.50. The first kappa shape index (κ1) is 8.07. The largest absolute Gasteiger partial charge is 0.507 e. The molecule has 13 heavy (non-hydrogen) atoms. The van der Waals surface area contributed by atoms with Gasteiger partial charge in [0.05, 0.1) is 5.56 Å². The van der Waals surface area contributed by atoms with E-state index in [2.05, 4.69) is 4.98 Å². The topological polar surface area (TPSA) is 59.1 Å². The second-order valence-corrected chi connectivity index (χ2v) is 3.45. The molecule has 66 valence electrons. The van der Waals surface area contributed by atoms with Gasteiger partial charge in [0.15, 0.2) is 0 Å². The molecule has 1 aromatic heterocycles. The Kier molecular flexibility index (Phi) is 1.90. The molecule has 0 unspecified atom stereocenters. The van der Waals surface area contributed by atoms with Gasteiger partial charge in [0, 0.05) is 5.38 Å². The summed E-state index contributed by atoms with van der Waals surface area (Å²) in [6, 6.07) is 7.07. The van der Waals surface area contributed by atoms with E-state index in [4.69, 9.17) is 5.73 Å². The van der Waals surface area contributed by atoms with E-state index in [0.29, 0.717) is 5.82 Å². The van der Waals surface area contributed by atoms with Crippen LogP contribution in [-0.4, -0.2) is 10.1 Å². The number of para-hydroxylation sites is 1. The number of nitrogen functional groups attached to an aromatic ring is 1. The van der Waals surface area contributed by atoms with Crippen LogP contribution in [0.1, 0.15) is 0 Å². The summed E-state index contributed by atoms with van der Waals surface area (Å²) in [7, 11) is 0. The summed E-state index contributed by atoms with van der Waals surface area (Å²) < 4.78 is 0. The minimum Gasteiger partial charge on any atom is -0.507 e. The van der Waals surface area contributed by atoms with Crippen molar-refractivity contribution in [3.05, 3.63) is 29.6 Å². The summed E-state index contributed by atoms with van der Waals surface area (Å²) in [5, 5.41) is 12.0. The first-order valence-corrected chi connectivity index (χ1v) is 4.65. The molecule has 2 rings (SSSR count). The number of aromatic nitrogens is 1. The van der Waals surface area contributed by atoms with Gasteiger partial charge in [-0.3, -0.25) is 0 Å². The maximum atomic E-state index is 9.50. The molecule has 0 radical (unpaired) electrons. The van der Waals surface area contributed by atoms with Crippen LogP contribution in [0.25, 0.3) is 10.6 Å². The molecule has 0 aliphatic heterocycles. The van der Waals surface area contributed by atoms with Crippen molar-refractivity contribution in [1.82, 2.24) is 4.98 Å². The smallest absolute Gasteiger partial charge is 0.135 e.